The van der Waals surface area contributed by atoms with Gasteiger partial charge in [0, 0.05) is 10.9 Å². The van der Waals surface area contributed by atoms with Crippen molar-refractivity contribution in [3.05, 3.63) is 75.0 Å². The Morgan fingerprint density at radius 2 is 1.88 bits per heavy atom. The largest absolute Gasteiger partial charge is 0.478 e. The van der Waals surface area contributed by atoms with E-state index in [1.54, 1.807) is 12.1 Å². The van der Waals surface area contributed by atoms with Gasteiger partial charge in [0.1, 0.15) is 11.3 Å². The zero-order chi connectivity index (χ0) is 18.7. The van der Waals surface area contributed by atoms with Crippen LogP contribution in [-0.2, 0) is 6.42 Å². The lowest BCUT2D eigenvalue weighted by Crippen LogP contribution is -1.97. The first-order chi connectivity index (χ1) is 12.5. The Hall–Kier alpha value is -2.72. The quantitative estimate of drug-likeness (QED) is 0.540. The van der Waals surface area contributed by atoms with Gasteiger partial charge in [-0.3, -0.25) is 0 Å². The fourth-order valence-electron chi connectivity index (χ4n) is 2.85. The zero-order valence-electron chi connectivity index (χ0n) is 14.8. The van der Waals surface area contributed by atoms with Gasteiger partial charge in [0.25, 0.3) is 0 Å². The molecule has 0 unspecified atom stereocenters. The van der Waals surface area contributed by atoms with Crippen molar-refractivity contribution in [1.29, 1.82) is 0 Å². The highest BCUT2D eigenvalue weighted by molar-refractivity contribution is 7.71. The van der Waals surface area contributed by atoms with Crippen molar-refractivity contribution in [1.82, 2.24) is 0 Å². The molecule has 0 atom stereocenters. The first-order valence-corrected chi connectivity index (χ1v) is 8.98. The third-order valence-electron chi connectivity index (χ3n) is 4.27. The van der Waals surface area contributed by atoms with E-state index < -0.39 is 5.97 Å². The van der Waals surface area contributed by atoms with E-state index in [-0.39, 0.29) is 5.56 Å². The van der Waals surface area contributed by atoms with Crippen molar-refractivity contribution in [2.45, 2.75) is 26.7 Å². The van der Waals surface area contributed by atoms with Crippen LogP contribution in [0.2, 0.25) is 0 Å². The maximum atomic E-state index is 11.2. The minimum Gasteiger partial charge on any atom is -0.478 e. The summed E-state index contributed by atoms with van der Waals surface area (Å²) in [6.45, 7) is 4.14. The Bertz CT molecular complexity index is 1040. The molecule has 0 spiro atoms. The Morgan fingerprint density at radius 1 is 1.15 bits per heavy atom. The third kappa shape index (κ3) is 3.75. The van der Waals surface area contributed by atoms with Crippen LogP contribution in [0.3, 0.4) is 0 Å². The molecule has 2 aromatic carbocycles. The lowest BCUT2D eigenvalue weighted by Gasteiger charge is -2.09. The lowest BCUT2D eigenvalue weighted by atomic mass is 10.0. The highest BCUT2D eigenvalue weighted by atomic mass is 32.1. The summed E-state index contributed by atoms with van der Waals surface area (Å²) in [6.07, 6.45) is 5.65. The van der Waals surface area contributed by atoms with Gasteiger partial charge in [0.15, 0.2) is 0 Å². The topological polar surface area (TPSA) is 50.4 Å². The van der Waals surface area contributed by atoms with E-state index in [2.05, 4.69) is 38.1 Å². The lowest BCUT2D eigenvalue weighted by molar-refractivity contribution is 0.0697. The molecule has 1 N–H and O–H groups in total. The molecule has 0 saturated heterocycles. The molecule has 0 fully saturated rings. The number of fused-ring (bicyclic) bond motifs is 1. The Balaban J connectivity index is 2.13. The second kappa shape index (κ2) is 7.67. The Kier molecular flexibility index (Phi) is 5.33. The molecule has 3 rings (SSSR count). The predicted octanol–water partition coefficient (Wildman–Crippen LogP) is 6.29. The van der Waals surface area contributed by atoms with E-state index in [0.29, 0.717) is 15.5 Å². The first-order valence-electron chi connectivity index (χ1n) is 8.57. The van der Waals surface area contributed by atoms with E-state index in [0.717, 1.165) is 29.7 Å². The van der Waals surface area contributed by atoms with Crippen molar-refractivity contribution in [3.63, 3.8) is 0 Å². The summed E-state index contributed by atoms with van der Waals surface area (Å²) in [6, 6.07) is 13.0. The minimum absolute atomic E-state index is 0.212. The van der Waals surface area contributed by atoms with Crippen molar-refractivity contribution >= 4 is 41.3 Å². The SMILES string of the molecule is CCCc1c(/C=C/c2ccc(C)cc2)oc2ccc(C(=O)O)cc2c1=S. The molecule has 3 aromatic rings. The second-order valence-electron chi connectivity index (χ2n) is 6.28. The van der Waals surface area contributed by atoms with Crippen LogP contribution in [0.25, 0.3) is 23.1 Å². The van der Waals surface area contributed by atoms with Gasteiger partial charge in [-0.25, -0.2) is 4.79 Å². The number of aromatic carboxylic acids is 1. The van der Waals surface area contributed by atoms with Gasteiger partial charge >= 0.3 is 5.97 Å². The van der Waals surface area contributed by atoms with Gasteiger partial charge in [-0.15, -0.1) is 0 Å². The number of carboxylic acids is 1. The van der Waals surface area contributed by atoms with Crippen LogP contribution in [-0.4, -0.2) is 11.1 Å². The average Bonchev–Trinajstić information content (AvgIpc) is 2.63. The van der Waals surface area contributed by atoms with Crippen molar-refractivity contribution < 1.29 is 14.3 Å². The summed E-state index contributed by atoms with van der Waals surface area (Å²) >= 11 is 5.65. The number of carbonyl (C=O) groups is 1. The van der Waals surface area contributed by atoms with Crippen LogP contribution >= 0.6 is 12.2 Å². The van der Waals surface area contributed by atoms with Crippen LogP contribution in [0, 0.1) is 11.4 Å². The predicted molar refractivity (Wildman–Crippen MR) is 108 cm³/mol. The van der Waals surface area contributed by atoms with E-state index >= 15 is 0 Å². The summed E-state index contributed by atoms with van der Waals surface area (Å²) in [7, 11) is 0. The van der Waals surface area contributed by atoms with Gasteiger partial charge in [-0.05, 0) is 43.2 Å². The maximum Gasteiger partial charge on any atom is 0.335 e. The van der Waals surface area contributed by atoms with Gasteiger partial charge < -0.3 is 9.52 Å². The minimum atomic E-state index is -0.971. The van der Waals surface area contributed by atoms with Crippen molar-refractivity contribution in [2.75, 3.05) is 0 Å². The van der Waals surface area contributed by atoms with E-state index in [4.69, 9.17) is 16.6 Å². The van der Waals surface area contributed by atoms with Crippen LogP contribution in [0.15, 0.2) is 46.9 Å². The maximum absolute atomic E-state index is 11.2. The average molecular weight is 364 g/mol. The van der Waals surface area contributed by atoms with Gasteiger partial charge in [-0.2, -0.15) is 0 Å². The molecular formula is C22H20O3S. The van der Waals surface area contributed by atoms with Crippen LogP contribution in [0.5, 0.6) is 0 Å². The highest BCUT2D eigenvalue weighted by Crippen LogP contribution is 2.27. The molecular weight excluding hydrogens is 344 g/mol. The van der Waals surface area contributed by atoms with E-state index in [1.165, 1.54) is 11.6 Å². The molecule has 0 aliphatic heterocycles. The smallest absolute Gasteiger partial charge is 0.335 e. The number of hydrogen-bond donors (Lipinski definition) is 1. The Labute approximate surface area is 157 Å². The second-order valence-corrected chi connectivity index (χ2v) is 6.69. The monoisotopic (exact) mass is 364 g/mol. The van der Waals surface area contributed by atoms with E-state index in [9.17, 15) is 9.90 Å². The zero-order valence-corrected chi connectivity index (χ0v) is 15.6. The van der Waals surface area contributed by atoms with Gasteiger partial charge in [0.2, 0.25) is 0 Å². The molecule has 1 heterocycles. The summed E-state index contributed by atoms with van der Waals surface area (Å²) in [4.78, 5) is 11.2. The number of benzene rings is 2. The van der Waals surface area contributed by atoms with Gasteiger partial charge in [-0.1, -0.05) is 61.5 Å². The van der Waals surface area contributed by atoms with Crippen LogP contribution < -0.4 is 0 Å². The number of hydrogen-bond acceptors (Lipinski definition) is 3. The van der Waals surface area contributed by atoms with Gasteiger partial charge in [0.05, 0.1) is 10.1 Å². The summed E-state index contributed by atoms with van der Waals surface area (Å²) < 4.78 is 6.73. The summed E-state index contributed by atoms with van der Waals surface area (Å²) in [5.74, 6) is -0.241. The fourth-order valence-corrected chi connectivity index (χ4v) is 3.22. The molecule has 4 heteroatoms. The van der Waals surface area contributed by atoms with Crippen LogP contribution in [0.1, 0.15) is 46.2 Å². The normalized spacial score (nSPS) is 11.3. The number of aryl methyl sites for hydroxylation is 1. The molecule has 0 bridgehead atoms. The molecule has 132 valence electrons. The number of carboxylic acid groups (broad SMARTS) is 1. The molecule has 0 saturated carbocycles. The molecule has 0 aliphatic carbocycles. The summed E-state index contributed by atoms with van der Waals surface area (Å²) in [5.41, 5.74) is 4.06. The number of rotatable bonds is 5. The third-order valence-corrected chi connectivity index (χ3v) is 4.73. The first kappa shape index (κ1) is 18.1. The molecule has 0 amide bonds. The van der Waals surface area contributed by atoms with Crippen molar-refractivity contribution in [3.8, 4) is 0 Å². The molecule has 3 nitrogen and oxygen atoms in total. The molecule has 1 aromatic heterocycles. The van der Waals surface area contributed by atoms with E-state index in [1.807, 2.05) is 12.2 Å². The standard InChI is InChI=1S/C22H20O3S/c1-3-4-17-19(11-9-15-7-5-14(2)6-8-15)25-20-12-10-16(22(23)24)13-18(20)21(17)26/h5-13H,3-4H2,1-2H3,(H,23,24)/b11-9+. The molecule has 0 aliphatic rings. The van der Waals surface area contributed by atoms with Crippen LogP contribution in [0.4, 0.5) is 0 Å². The molecule has 0 radical (unpaired) electrons. The Morgan fingerprint density at radius 3 is 2.54 bits per heavy atom. The fraction of sp³-hybridized carbons (Fsp3) is 0.182. The van der Waals surface area contributed by atoms with Crippen molar-refractivity contribution in [2.24, 2.45) is 0 Å². The molecule has 26 heavy (non-hydrogen) atoms. The highest BCUT2D eigenvalue weighted by Gasteiger charge is 2.12. The summed E-state index contributed by atoms with van der Waals surface area (Å²) in [5, 5.41) is 9.89.